The lowest BCUT2D eigenvalue weighted by molar-refractivity contribution is -0.131. The summed E-state index contributed by atoms with van der Waals surface area (Å²) in [5.74, 6) is -0.922. The van der Waals surface area contributed by atoms with Crippen LogP contribution in [0.3, 0.4) is 0 Å². The van der Waals surface area contributed by atoms with Crippen LogP contribution in [0.15, 0.2) is 36.4 Å². The third-order valence-corrected chi connectivity index (χ3v) is 3.64. The Morgan fingerprint density at radius 3 is 1.84 bits per heavy atom. The van der Waals surface area contributed by atoms with Gasteiger partial charge >= 0.3 is 5.97 Å². The van der Waals surface area contributed by atoms with Gasteiger partial charge in [0, 0.05) is 31.2 Å². The number of carboxylic acids is 1. The number of rotatable bonds is 11. The first-order valence-electron chi connectivity index (χ1n) is 8.71. The van der Waals surface area contributed by atoms with Crippen molar-refractivity contribution in [2.24, 2.45) is 0 Å². The maximum absolute atomic E-state index is 10.1. The molecule has 0 bridgehead atoms. The molecule has 6 heteroatoms. The first-order chi connectivity index (χ1) is 12.1. The Balaban J connectivity index is 0.000000472. The lowest BCUT2D eigenvalue weighted by Gasteiger charge is -2.17. The minimum absolute atomic E-state index is 0.188. The standard InChI is InChI=1S/C10H24N2O2.C9H8O2/c1-3-9(7-13)11-5-6-12-10(4-2)8-14;10-9(11)7-6-8-4-2-1-3-5-8/h9-14H,3-8H2,1-2H3;1-7H,(H,10,11)/b;7-6+/t9-,10-;/m0./s1. The van der Waals surface area contributed by atoms with Gasteiger partial charge in [0.2, 0.25) is 0 Å². The highest BCUT2D eigenvalue weighted by Gasteiger charge is 2.04. The van der Waals surface area contributed by atoms with Crippen molar-refractivity contribution in [3.05, 3.63) is 42.0 Å². The maximum Gasteiger partial charge on any atom is 0.328 e. The van der Waals surface area contributed by atoms with Crippen LogP contribution in [0, 0.1) is 0 Å². The van der Waals surface area contributed by atoms with E-state index >= 15 is 0 Å². The topological polar surface area (TPSA) is 102 Å². The van der Waals surface area contributed by atoms with Crippen LogP contribution in [0.25, 0.3) is 6.08 Å². The van der Waals surface area contributed by atoms with Crippen molar-refractivity contribution in [2.45, 2.75) is 38.8 Å². The number of carboxylic acid groups (broad SMARTS) is 1. The highest BCUT2D eigenvalue weighted by atomic mass is 16.4. The molecule has 1 aromatic rings. The average molecular weight is 352 g/mol. The molecule has 0 heterocycles. The number of nitrogens with one attached hydrogen (secondary N) is 2. The van der Waals surface area contributed by atoms with Crippen molar-refractivity contribution < 1.29 is 20.1 Å². The monoisotopic (exact) mass is 352 g/mol. The molecule has 1 rings (SSSR count). The van der Waals surface area contributed by atoms with E-state index in [1.165, 1.54) is 0 Å². The first-order valence-corrected chi connectivity index (χ1v) is 8.71. The van der Waals surface area contributed by atoms with Crippen molar-refractivity contribution in [1.29, 1.82) is 0 Å². The van der Waals surface area contributed by atoms with E-state index in [9.17, 15) is 4.79 Å². The van der Waals surface area contributed by atoms with Gasteiger partial charge in [0.15, 0.2) is 0 Å². The van der Waals surface area contributed by atoms with Crippen LogP contribution in [-0.4, -0.2) is 59.7 Å². The van der Waals surface area contributed by atoms with Gasteiger partial charge in [0.25, 0.3) is 0 Å². The Morgan fingerprint density at radius 2 is 1.48 bits per heavy atom. The summed E-state index contributed by atoms with van der Waals surface area (Å²) in [6.45, 7) is 6.13. The smallest absolute Gasteiger partial charge is 0.328 e. The van der Waals surface area contributed by atoms with E-state index < -0.39 is 5.97 Å². The van der Waals surface area contributed by atoms with Crippen LogP contribution >= 0.6 is 0 Å². The number of aliphatic carboxylic acids is 1. The van der Waals surface area contributed by atoms with E-state index in [4.69, 9.17) is 15.3 Å². The van der Waals surface area contributed by atoms with E-state index in [0.29, 0.717) is 0 Å². The second-order valence-corrected chi connectivity index (χ2v) is 5.57. The van der Waals surface area contributed by atoms with Crippen molar-refractivity contribution >= 4 is 12.0 Å². The number of benzene rings is 1. The molecule has 6 nitrogen and oxygen atoms in total. The molecule has 0 unspecified atom stereocenters. The fourth-order valence-electron chi connectivity index (χ4n) is 1.96. The molecule has 0 aliphatic carbocycles. The van der Waals surface area contributed by atoms with E-state index in [0.717, 1.165) is 37.6 Å². The minimum Gasteiger partial charge on any atom is -0.478 e. The summed E-state index contributed by atoms with van der Waals surface area (Å²) < 4.78 is 0. The van der Waals surface area contributed by atoms with Gasteiger partial charge in [0.05, 0.1) is 13.2 Å². The van der Waals surface area contributed by atoms with Crippen molar-refractivity contribution in [1.82, 2.24) is 10.6 Å². The van der Waals surface area contributed by atoms with Gasteiger partial charge in [-0.2, -0.15) is 0 Å². The van der Waals surface area contributed by atoms with Crippen LogP contribution < -0.4 is 10.6 Å². The van der Waals surface area contributed by atoms with Crippen LogP contribution in [-0.2, 0) is 4.79 Å². The SMILES string of the molecule is CC[C@@H](CO)NCCN[C@@H](CC)CO.O=C(O)/C=C/c1ccccc1. The third kappa shape index (κ3) is 13.3. The summed E-state index contributed by atoms with van der Waals surface area (Å²) in [5.41, 5.74) is 0.898. The lowest BCUT2D eigenvalue weighted by atomic mass is 10.2. The predicted molar refractivity (Wildman–Crippen MR) is 101 cm³/mol. The molecule has 0 fully saturated rings. The second kappa shape index (κ2) is 15.8. The Kier molecular flexibility index (Phi) is 14.7. The Bertz CT molecular complexity index is 444. The highest BCUT2D eigenvalue weighted by molar-refractivity contribution is 5.85. The van der Waals surface area contributed by atoms with Crippen LogP contribution in [0.2, 0.25) is 0 Å². The fourth-order valence-corrected chi connectivity index (χ4v) is 1.96. The molecule has 1 aromatic carbocycles. The zero-order valence-corrected chi connectivity index (χ0v) is 15.2. The van der Waals surface area contributed by atoms with Gasteiger partial charge < -0.3 is 26.0 Å². The Morgan fingerprint density at radius 1 is 1.00 bits per heavy atom. The molecule has 142 valence electrons. The number of hydrogen-bond donors (Lipinski definition) is 5. The molecule has 0 saturated carbocycles. The molecular formula is C19H32N2O4. The molecular weight excluding hydrogens is 320 g/mol. The van der Waals surface area contributed by atoms with Gasteiger partial charge in [-0.15, -0.1) is 0 Å². The zero-order chi connectivity index (χ0) is 18.9. The van der Waals surface area contributed by atoms with Gasteiger partial charge in [-0.3, -0.25) is 0 Å². The Labute approximate surface area is 150 Å². The summed E-state index contributed by atoms with van der Waals surface area (Å²) >= 11 is 0. The molecule has 0 spiro atoms. The second-order valence-electron chi connectivity index (χ2n) is 5.57. The number of aliphatic hydroxyl groups is 2. The molecule has 0 amide bonds. The van der Waals surface area contributed by atoms with Gasteiger partial charge in [-0.05, 0) is 24.5 Å². The largest absolute Gasteiger partial charge is 0.478 e. The van der Waals surface area contributed by atoms with Gasteiger partial charge in [-0.25, -0.2) is 4.79 Å². The van der Waals surface area contributed by atoms with Crippen molar-refractivity contribution in [3.63, 3.8) is 0 Å². The summed E-state index contributed by atoms with van der Waals surface area (Å²) in [4.78, 5) is 10.1. The zero-order valence-electron chi connectivity index (χ0n) is 15.2. The Hall–Kier alpha value is -1.73. The number of hydrogen-bond acceptors (Lipinski definition) is 5. The molecule has 0 aliphatic heterocycles. The molecule has 25 heavy (non-hydrogen) atoms. The van der Waals surface area contributed by atoms with Gasteiger partial charge in [-0.1, -0.05) is 44.2 Å². The quantitative estimate of drug-likeness (QED) is 0.305. The molecule has 0 aliphatic rings. The molecule has 0 saturated heterocycles. The summed E-state index contributed by atoms with van der Waals surface area (Å²) in [7, 11) is 0. The number of aliphatic hydroxyl groups excluding tert-OH is 2. The summed E-state index contributed by atoms with van der Waals surface area (Å²) in [6, 6.07) is 9.71. The minimum atomic E-state index is -0.922. The third-order valence-electron chi connectivity index (χ3n) is 3.64. The summed E-state index contributed by atoms with van der Waals surface area (Å²) in [6.07, 6.45) is 4.55. The molecule has 0 aromatic heterocycles. The fraction of sp³-hybridized carbons (Fsp3) is 0.526. The average Bonchev–Trinajstić information content (AvgIpc) is 2.65. The normalized spacial score (nSPS) is 13.1. The van der Waals surface area contributed by atoms with Crippen LogP contribution in [0.4, 0.5) is 0 Å². The van der Waals surface area contributed by atoms with Crippen LogP contribution in [0.1, 0.15) is 32.3 Å². The molecule has 0 radical (unpaired) electrons. The van der Waals surface area contributed by atoms with Gasteiger partial charge in [0.1, 0.15) is 0 Å². The summed E-state index contributed by atoms with van der Waals surface area (Å²) in [5, 5.41) is 32.6. The maximum atomic E-state index is 10.1. The van der Waals surface area contributed by atoms with E-state index in [-0.39, 0.29) is 25.3 Å². The predicted octanol–water partition coefficient (Wildman–Crippen LogP) is 1.49. The van der Waals surface area contributed by atoms with E-state index in [1.54, 1.807) is 6.08 Å². The highest BCUT2D eigenvalue weighted by Crippen LogP contribution is 1.99. The van der Waals surface area contributed by atoms with E-state index in [2.05, 4.69) is 10.6 Å². The van der Waals surface area contributed by atoms with Crippen molar-refractivity contribution in [2.75, 3.05) is 26.3 Å². The van der Waals surface area contributed by atoms with E-state index in [1.807, 2.05) is 44.2 Å². The lowest BCUT2D eigenvalue weighted by Crippen LogP contribution is -2.40. The first kappa shape index (κ1) is 23.3. The molecule has 5 N–H and O–H groups in total. The molecule has 2 atom stereocenters. The number of carbonyl (C=O) groups is 1. The van der Waals surface area contributed by atoms with Crippen LogP contribution in [0.5, 0.6) is 0 Å². The van der Waals surface area contributed by atoms with Crippen molar-refractivity contribution in [3.8, 4) is 0 Å².